The summed E-state index contributed by atoms with van der Waals surface area (Å²) in [6.07, 6.45) is 3.26. The summed E-state index contributed by atoms with van der Waals surface area (Å²) in [4.78, 5) is 39.1. The summed E-state index contributed by atoms with van der Waals surface area (Å²) in [5.41, 5.74) is 0.178. The number of anilines is 1. The van der Waals surface area contributed by atoms with Crippen LogP contribution in [0.4, 0.5) is 10.8 Å². The van der Waals surface area contributed by atoms with Crippen LogP contribution in [0.5, 0.6) is 0 Å². The maximum atomic E-state index is 12.1. The standard InChI is InChI=1S/C17H13ClN4O4S/c18-14-4-2-1-3-11(14)7-13-8-19-17(27-13)20-15(23)10-21-9-12(22(25)26)5-6-16(21)24/h1-6,8-9H,7,10H2,(H,19,20,23). The van der Waals surface area contributed by atoms with Gasteiger partial charge in [-0.25, -0.2) is 4.98 Å². The molecule has 1 N–H and O–H groups in total. The Balaban J connectivity index is 1.66. The molecule has 0 aliphatic carbocycles. The van der Waals surface area contributed by atoms with Crippen molar-refractivity contribution in [1.82, 2.24) is 9.55 Å². The van der Waals surface area contributed by atoms with Crippen LogP contribution in [0.3, 0.4) is 0 Å². The number of nitrogens with zero attached hydrogens (tertiary/aromatic N) is 3. The van der Waals surface area contributed by atoms with Crippen LogP contribution in [0, 0.1) is 10.1 Å². The van der Waals surface area contributed by atoms with Crippen molar-refractivity contribution in [2.75, 3.05) is 5.32 Å². The molecule has 27 heavy (non-hydrogen) atoms. The molecule has 0 saturated carbocycles. The molecule has 0 saturated heterocycles. The zero-order valence-electron chi connectivity index (χ0n) is 13.8. The van der Waals surface area contributed by atoms with E-state index in [0.717, 1.165) is 33.3 Å². The molecule has 2 heterocycles. The van der Waals surface area contributed by atoms with Crippen molar-refractivity contribution in [2.45, 2.75) is 13.0 Å². The van der Waals surface area contributed by atoms with E-state index < -0.39 is 16.4 Å². The van der Waals surface area contributed by atoms with Crippen LogP contribution >= 0.6 is 22.9 Å². The Morgan fingerprint density at radius 2 is 2.07 bits per heavy atom. The number of amides is 1. The van der Waals surface area contributed by atoms with E-state index in [9.17, 15) is 19.7 Å². The smallest absolute Gasteiger partial charge is 0.285 e. The summed E-state index contributed by atoms with van der Waals surface area (Å²) >= 11 is 7.43. The molecule has 0 unspecified atom stereocenters. The van der Waals surface area contributed by atoms with Crippen molar-refractivity contribution in [3.63, 3.8) is 0 Å². The van der Waals surface area contributed by atoms with Gasteiger partial charge in [0.05, 0.1) is 11.1 Å². The van der Waals surface area contributed by atoms with Crippen molar-refractivity contribution in [3.05, 3.63) is 84.7 Å². The highest BCUT2D eigenvalue weighted by Crippen LogP contribution is 2.24. The zero-order chi connectivity index (χ0) is 19.4. The number of halogens is 1. The van der Waals surface area contributed by atoms with Gasteiger partial charge >= 0.3 is 0 Å². The lowest BCUT2D eigenvalue weighted by atomic mass is 10.1. The van der Waals surface area contributed by atoms with Gasteiger partial charge in [0.1, 0.15) is 6.54 Å². The summed E-state index contributed by atoms with van der Waals surface area (Å²) in [5.74, 6) is -0.503. The predicted molar refractivity (Wildman–Crippen MR) is 102 cm³/mol. The molecule has 1 aromatic carbocycles. The van der Waals surface area contributed by atoms with Gasteiger partial charge in [0.15, 0.2) is 5.13 Å². The van der Waals surface area contributed by atoms with Gasteiger partial charge in [-0.15, -0.1) is 11.3 Å². The summed E-state index contributed by atoms with van der Waals surface area (Å²) < 4.78 is 0.978. The average molecular weight is 405 g/mol. The Morgan fingerprint density at radius 3 is 2.81 bits per heavy atom. The summed E-state index contributed by atoms with van der Waals surface area (Å²) in [5, 5.41) is 14.4. The lowest BCUT2D eigenvalue weighted by molar-refractivity contribution is -0.385. The number of aromatic nitrogens is 2. The predicted octanol–water partition coefficient (Wildman–Crippen LogP) is 3.10. The number of hydrogen-bond acceptors (Lipinski definition) is 6. The largest absolute Gasteiger partial charge is 0.300 e. The molecule has 0 atom stereocenters. The second kappa shape index (κ2) is 8.11. The minimum Gasteiger partial charge on any atom is -0.300 e. The summed E-state index contributed by atoms with van der Waals surface area (Å²) in [7, 11) is 0. The highest BCUT2D eigenvalue weighted by Gasteiger charge is 2.12. The van der Waals surface area contributed by atoms with Crippen molar-refractivity contribution < 1.29 is 9.72 Å². The fraction of sp³-hybridized carbons (Fsp3) is 0.118. The van der Waals surface area contributed by atoms with Crippen molar-refractivity contribution in [2.24, 2.45) is 0 Å². The molecule has 138 valence electrons. The van der Waals surface area contributed by atoms with Crippen LogP contribution in [0.25, 0.3) is 0 Å². The first-order chi connectivity index (χ1) is 12.9. The maximum Gasteiger partial charge on any atom is 0.285 e. The number of thiazole rings is 1. The summed E-state index contributed by atoms with van der Waals surface area (Å²) in [6, 6.07) is 9.60. The van der Waals surface area contributed by atoms with E-state index in [1.807, 2.05) is 18.2 Å². The van der Waals surface area contributed by atoms with E-state index in [4.69, 9.17) is 11.6 Å². The van der Waals surface area contributed by atoms with Gasteiger partial charge in [-0.3, -0.25) is 24.3 Å². The van der Waals surface area contributed by atoms with Gasteiger partial charge in [0, 0.05) is 34.7 Å². The third-order valence-corrected chi connectivity index (χ3v) is 4.90. The molecule has 0 radical (unpaired) electrons. The molecule has 0 aliphatic heterocycles. The number of benzene rings is 1. The van der Waals surface area contributed by atoms with Crippen LogP contribution in [-0.2, 0) is 17.8 Å². The lowest BCUT2D eigenvalue weighted by Crippen LogP contribution is -2.26. The normalized spacial score (nSPS) is 10.6. The van der Waals surface area contributed by atoms with Gasteiger partial charge in [-0.1, -0.05) is 29.8 Å². The average Bonchev–Trinajstić information content (AvgIpc) is 3.05. The molecular weight excluding hydrogens is 392 g/mol. The van der Waals surface area contributed by atoms with Crippen LogP contribution in [-0.4, -0.2) is 20.4 Å². The van der Waals surface area contributed by atoms with E-state index in [1.165, 1.54) is 11.3 Å². The molecular formula is C17H13ClN4O4S. The van der Waals surface area contributed by atoms with Crippen LogP contribution < -0.4 is 10.9 Å². The lowest BCUT2D eigenvalue weighted by Gasteiger charge is -2.05. The molecule has 8 nitrogen and oxygen atoms in total. The molecule has 1 amide bonds. The Hall–Kier alpha value is -3.04. The quantitative estimate of drug-likeness (QED) is 0.501. The maximum absolute atomic E-state index is 12.1. The number of carbonyl (C=O) groups is 1. The number of hydrogen-bond donors (Lipinski definition) is 1. The second-order valence-electron chi connectivity index (χ2n) is 5.56. The van der Waals surface area contributed by atoms with Gasteiger partial charge in [-0.2, -0.15) is 0 Å². The first kappa shape index (κ1) is 18.7. The first-order valence-electron chi connectivity index (χ1n) is 7.75. The fourth-order valence-corrected chi connectivity index (χ4v) is 3.39. The topological polar surface area (TPSA) is 107 Å². The SMILES string of the molecule is O=C(Cn1cc([N+](=O)[O-])ccc1=O)Nc1ncc(Cc2ccccc2Cl)s1. The van der Waals surface area contributed by atoms with Crippen LogP contribution in [0.2, 0.25) is 5.02 Å². The molecule has 0 aliphatic rings. The number of nitro groups is 1. The Labute approximate surface area is 162 Å². The minimum atomic E-state index is -0.629. The molecule has 3 aromatic rings. The van der Waals surface area contributed by atoms with E-state index in [-0.39, 0.29) is 12.2 Å². The zero-order valence-corrected chi connectivity index (χ0v) is 15.4. The molecule has 0 spiro atoms. The Kier molecular flexibility index (Phi) is 5.63. The first-order valence-corrected chi connectivity index (χ1v) is 8.94. The summed E-state index contributed by atoms with van der Waals surface area (Å²) in [6.45, 7) is -0.347. The molecule has 0 bridgehead atoms. The van der Waals surface area contributed by atoms with E-state index in [0.29, 0.717) is 16.6 Å². The number of pyridine rings is 1. The van der Waals surface area contributed by atoms with Crippen LogP contribution in [0.15, 0.2) is 53.6 Å². The molecule has 0 fully saturated rings. The third kappa shape index (κ3) is 4.78. The van der Waals surface area contributed by atoms with Gasteiger partial charge in [-0.05, 0) is 11.6 Å². The molecule has 3 rings (SSSR count). The third-order valence-electron chi connectivity index (χ3n) is 3.62. The second-order valence-corrected chi connectivity index (χ2v) is 7.08. The van der Waals surface area contributed by atoms with Crippen molar-refractivity contribution in [3.8, 4) is 0 Å². The minimum absolute atomic E-state index is 0.265. The molecule has 10 heteroatoms. The van der Waals surface area contributed by atoms with Gasteiger partial charge in [0.25, 0.3) is 11.2 Å². The van der Waals surface area contributed by atoms with Gasteiger partial charge < -0.3 is 5.32 Å². The number of nitrogens with one attached hydrogen (secondary N) is 1. The Bertz CT molecular complexity index is 1060. The van der Waals surface area contributed by atoms with E-state index in [1.54, 1.807) is 12.3 Å². The van der Waals surface area contributed by atoms with E-state index in [2.05, 4.69) is 10.3 Å². The van der Waals surface area contributed by atoms with Crippen molar-refractivity contribution >= 4 is 39.7 Å². The highest BCUT2D eigenvalue weighted by molar-refractivity contribution is 7.15. The Morgan fingerprint density at radius 1 is 1.30 bits per heavy atom. The van der Waals surface area contributed by atoms with Gasteiger partial charge in [0.2, 0.25) is 5.91 Å². The highest BCUT2D eigenvalue weighted by atomic mass is 35.5. The number of rotatable bonds is 6. The van der Waals surface area contributed by atoms with Crippen LogP contribution in [0.1, 0.15) is 10.4 Å². The van der Waals surface area contributed by atoms with E-state index >= 15 is 0 Å². The monoisotopic (exact) mass is 404 g/mol. The van der Waals surface area contributed by atoms with Crippen molar-refractivity contribution in [1.29, 1.82) is 0 Å². The fourth-order valence-electron chi connectivity index (χ4n) is 2.34. The number of carbonyl (C=O) groups excluding carboxylic acids is 1. The molecule has 2 aromatic heterocycles.